The molecule has 0 spiro atoms. The summed E-state index contributed by atoms with van der Waals surface area (Å²) in [6, 6.07) is -1.03. The number of carbonyl (C=O) groups excluding carboxylic acids is 2. The number of allylic oxidation sites excluding steroid dienone is 7. The molecule has 0 aromatic carbocycles. The van der Waals surface area contributed by atoms with Crippen LogP contribution >= 0.6 is 0 Å². The summed E-state index contributed by atoms with van der Waals surface area (Å²) < 4.78 is 17.6. The van der Waals surface area contributed by atoms with Crippen LogP contribution < -0.4 is 5.32 Å². The second kappa shape index (κ2) is 50.4. The van der Waals surface area contributed by atoms with Crippen molar-refractivity contribution in [1.82, 2.24) is 5.32 Å². The van der Waals surface area contributed by atoms with Gasteiger partial charge in [-0.15, -0.1) is 0 Å². The molecular formula is C62H113NO10. The van der Waals surface area contributed by atoms with E-state index in [0.29, 0.717) is 12.8 Å². The van der Waals surface area contributed by atoms with Gasteiger partial charge in [-0.05, 0) is 44.9 Å². The molecule has 1 aliphatic rings. The Kier molecular flexibility index (Phi) is 47.4. The summed E-state index contributed by atoms with van der Waals surface area (Å²) in [6.07, 6.45) is 50.0. The summed E-state index contributed by atoms with van der Waals surface area (Å²) in [5.74, 6) is -1.20. The van der Waals surface area contributed by atoms with Crippen molar-refractivity contribution < 1.29 is 49.3 Å². The molecule has 11 nitrogen and oxygen atoms in total. The second-order valence-electron chi connectivity index (χ2n) is 21.1. The average Bonchev–Trinajstić information content (AvgIpc) is 3.39. The number of unbranched alkanes of at least 4 members (excludes halogenated alkanes) is 33. The maximum atomic E-state index is 13.4. The standard InChI is InChI=1S/C62H113NO10/c1-4-7-10-13-16-19-22-25-27-28-29-32-35-38-41-44-47-50-57(67)73-60-59(69)58(68)56(51-64)72-62(60)71-52-53(54(65)48-45-42-39-36-33-30-24-21-18-15-12-9-6-3)63-61(70)55(66)49-46-43-40-37-34-31-26-23-20-17-14-11-8-5-2/h8,11,14,17,20,23,45,48,53-56,58-60,62,64-66,68-69H,4-7,9-10,12-13,15-16,18-19,21-22,24-44,46-47,49-52H2,1-3H3,(H,63,70)/b11-8+,17-14+,23-20+,48-45+. The topological polar surface area (TPSA) is 175 Å². The third-order valence-corrected chi connectivity index (χ3v) is 14.3. The molecule has 0 aromatic heterocycles. The number of hydrogen-bond donors (Lipinski definition) is 6. The van der Waals surface area contributed by atoms with Gasteiger partial charge in [0.1, 0.15) is 24.4 Å². The molecule has 1 saturated heterocycles. The molecular weight excluding hydrogens is 919 g/mol. The van der Waals surface area contributed by atoms with Crippen molar-refractivity contribution in [2.75, 3.05) is 13.2 Å². The van der Waals surface area contributed by atoms with Crippen molar-refractivity contribution in [1.29, 1.82) is 0 Å². The van der Waals surface area contributed by atoms with Gasteiger partial charge >= 0.3 is 5.97 Å². The number of rotatable bonds is 51. The lowest BCUT2D eigenvalue weighted by Crippen LogP contribution is -2.61. The van der Waals surface area contributed by atoms with Gasteiger partial charge in [0.05, 0.1) is 25.4 Å². The molecule has 1 heterocycles. The zero-order valence-electron chi connectivity index (χ0n) is 47.0. The van der Waals surface area contributed by atoms with Gasteiger partial charge in [0.15, 0.2) is 12.4 Å². The van der Waals surface area contributed by atoms with Gasteiger partial charge in [-0.25, -0.2) is 0 Å². The second-order valence-corrected chi connectivity index (χ2v) is 21.1. The minimum absolute atomic E-state index is 0.125. The third kappa shape index (κ3) is 38.8. The Labute approximate surface area is 446 Å². The first-order valence-corrected chi connectivity index (χ1v) is 30.4. The Balaban J connectivity index is 2.70. The molecule has 73 heavy (non-hydrogen) atoms. The maximum absolute atomic E-state index is 13.4. The fraction of sp³-hybridized carbons (Fsp3) is 0.839. The van der Waals surface area contributed by atoms with Crippen molar-refractivity contribution in [3.05, 3.63) is 48.6 Å². The fourth-order valence-electron chi connectivity index (χ4n) is 9.48. The molecule has 11 heteroatoms. The van der Waals surface area contributed by atoms with Gasteiger partial charge in [0.25, 0.3) is 0 Å². The van der Waals surface area contributed by atoms with Crippen LogP contribution in [-0.2, 0) is 23.8 Å². The van der Waals surface area contributed by atoms with Crippen molar-refractivity contribution in [2.45, 2.75) is 320 Å². The Morgan fingerprint density at radius 2 is 0.986 bits per heavy atom. The molecule has 1 aliphatic heterocycles. The fourth-order valence-corrected chi connectivity index (χ4v) is 9.48. The highest BCUT2D eigenvalue weighted by Crippen LogP contribution is 2.26. The van der Waals surface area contributed by atoms with E-state index in [4.69, 9.17) is 14.2 Å². The normalized spacial score (nSPS) is 19.7. The molecule has 1 amide bonds. The van der Waals surface area contributed by atoms with E-state index in [1.807, 2.05) is 18.2 Å². The molecule has 0 saturated carbocycles. The van der Waals surface area contributed by atoms with E-state index in [2.05, 4.69) is 50.4 Å². The summed E-state index contributed by atoms with van der Waals surface area (Å²) >= 11 is 0. The Bertz CT molecular complexity index is 1370. The quantitative estimate of drug-likeness (QED) is 0.0149. The molecule has 6 N–H and O–H groups in total. The molecule has 1 rings (SSSR count). The summed E-state index contributed by atoms with van der Waals surface area (Å²) in [5.41, 5.74) is 0. The van der Waals surface area contributed by atoms with Crippen molar-refractivity contribution in [3.63, 3.8) is 0 Å². The minimum Gasteiger partial charge on any atom is -0.454 e. The minimum atomic E-state index is -1.61. The summed E-state index contributed by atoms with van der Waals surface area (Å²) in [5, 5.41) is 56.9. The van der Waals surface area contributed by atoms with E-state index in [9.17, 15) is 35.1 Å². The SMILES string of the molecule is CC/C=C/C=C/C=C/CCCCCCCCC(O)C(=O)NC(COC1OC(CO)C(O)C(O)C1OC(=O)CCCCCCCCCCCCCCCCCCC)C(O)/C=C/CCCCCCCCCCCCC. The molecule has 8 atom stereocenters. The smallest absolute Gasteiger partial charge is 0.306 e. The predicted molar refractivity (Wildman–Crippen MR) is 301 cm³/mol. The van der Waals surface area contributed by atoms with Crippen molar-refractivity contribution in [2.24, 2.45) is 0 Å². The Morgan fingerprint density at radius 1 is 0.548 bits per heavy atom. The molecule has 8 unspecified atom stereocenters. The van der Waals surface area contributed by atoms with Crippen LogP contribution in [0.25, 0.3) is 0 Å². The lowest BCUT2D eigenvalue weighted by atomic mass is 9.99. The van der Waals surface area contributed by atoms with E-state index >= 15 is 0 Å². The van der Waals surface area contributed by atoms with Crippen LogP contribution in [0.1, 0.15) is 271 Å². The Morgan fingerprint density at radius 3 is 1.47 bits per heavy atom. The maximum Gasteiger partial charge on any atom is 0.306 e. The summed E-state index contributed by atoms with van der Waals surface area (Å²) in [4.78, 5) is 26.5. The van der Waals surface area contributed by atoms with Crippen LogP contribution in [-0.4, -0.2) is 99.6 Å². The number of hydrogen-bond acceptors (Lipinski definition) is 10. The van der Waals surface area contributed by atoms with Gasteiger partial charge < -0.3 is 45.1 Å². The van der Waals surface area contributed by atoms with E-state index < -0.39 is 67.4 Å². The van der Waals surface area contributed by atoms with Crippen LogP contribution in [0.2, 0.25) is 0 Å². The molecule has 426 valence electrons. The third-order valence-electron chi connectivity index (χ3n) is 14.3. The highest BCUT2D eigenvalue weighted by molar-refractivity contribution is 5.80. The first-order chi connectivity index (χ1) is 35.7. The lowest BCUT2D eigenvalue weighted by Gasteiger charge is -2.41. The van der Waals surface area contributed by atoms with Crippen molar-refractivity contribution >= 4 is 11.9 Å². The number of amides is 1. The number of aliphatic hydroxyl groups is 5. The largest absolute Gasteiger partial charge is 0.454 e. The molecule has 0 aliphatic carbocycles. The number of ether oxygens (including phenoxy) is 3. The van der Waals surface area contributed by atoms with E-state index in [1.165, 1.54) is 141 Å². The zero-order valence-corrected chi connectivity index (χ0v) is 47.0. The van der Waals surface area contributed by atoms with Crippen LogP contribution in [0.15, 0.2) is 48.6 Å². The molecule has 0 aromatic rings. The van der Waals surface area contributed by atoms with Gasteiger partial charge in [0, 0.05) is 6.42 Å². The van der Waals surface area contributed by atoms with Gasteiger partial charge in [0.2, 0.25) is 5.91 Å². The molecule has 0 radical (unpaired) electrons. The number of nitrogens with one attached hydrogen (secondary N) is 1. The molecule has 0 bridgehead atoms. The summed E-state index contributed by atoms with van der Waals surface area (Å²) in [6.45, 7) is 5.66. The highest BCUT2D eigenvalue weighted by atomic mass is 16.7. The first kappa shape index (κ1) is 68.6. The number of aliphatic hydroxyl groups excluding tert-OH is 5. The van der Waals surface area contributed by atoms with Crippen LogP contribution in [0.5, 0.6) is 0 Å². The lowest BCUT2D eigenvalue weighted by molar-refractivity contribution is -0.305. The molecule has 1 fully saturated rings. The van der Waals surface area contributed by atoms with E-state index in [-0.39, 0.29) is 19.4 Å². The Hall–Kier alpha value is -2.38. The van der Waals surface area contributed by atoms with E-state index in [0.717, 1.165) is 83.5 Å². The number of esters is 1. The van der Waals surface area contributed by atoms with Crippen LogP contribution in [0.3, 0.4) is 0 Å². The summed E-state index contributed by atoms with van der Waals surface area (Å²) in [7, 11) is 0. The van der Waals surface area contributed by atoms with Gasteiger partial charge in [-0.2, -0.15) is 0 Å². The van der Waals surface area contributed by atoms with Crippen LogP contribution in [0.4, 0.5) is 0 Å². The van der Waals surface area contributed by atoms with Gasteiger partial charge in [-0.1, -0.05) is 268 Å². The number of carbonyl (C=O) groups is 2. The zero-order chi connectivity index (χ0) is 53.3. The highest BCUT2D eigenvalue weighted by Gasteiger charge is 2.47. The average molecular weight is 1030 g/mol. The van der Waals surface area contributed by atoms with E-state index in [1.54, 1.807) is 6.08 Å². The first-order valence-electron chi connectivity index (χ1n) is 30.4. The van der Waals surface area contributed by atoms with Crippen molar-refractivity contribution in [3.8, 4) is 0 Å². The predicted octanol–water partition coefficient (Wildman–Crippen LogP) is 14.1. The monoisotopic (exact) mass is 1030 g/mol. The van der Waals surface area contributed by atoms with Crippen LogP contribution in [0, 0.1) is 0 Å². The van der Waals surface area contributed by atoms with Gasteiger partial charge in [-0.3, -0.25) is 9.59 Å².